The van der Waals surface area contributed by atoms with Crippen LogP contribution in [-0.2, 0) is 21.2 Å². The van der Waals surface area contributed by atoms with Crippen LogP contribution in [0, 0.1) is 6.92 Å². The predicted octanol–water partition coefficient (Wildman–Crippen LogP) is 2.78. The third-order valence-electron chi connectivity index (χ3n) is 5.19. The monoisotopic (exact) mass is 390 g/mol. The highest BCUT2D eigenvalue weighted by Crippen LogP contribution is 2.36. The Morgan fingerprint density at radius 2 is 1.92 bits per heavy atom. The number of amides is 1. The van der Waals surface area contributed by atoms with Crippen LogP contribution in [0.3, 0.4) is 0 Å². The number of nitrogens with zero attached hydrogens (tertiary/aromatic N) is 2. The van der Waals surface area contributed by atoms with Gasteiger partial charge in [0.1, 0.15) is 0 Å². The van der Waals surface area contributed by atoms with Gasteiger partial charge >= 0.3 is 0 Å². The van der Waals surface area contributed by atoms with Crippen LogP contribution < -0.4 is 0 Å². The largest absolute Gasteiger partial charge is 0.333 e. The Balaban J connectivity index is 1.74. The molecule has 26 heavy (non-hydrogen) atoms. The van der Waals surface area contributed by atoms with Crippen LogP contribution in [0.2, 0.25) is 5.02 Å². The Morgan fingerprint density at radius 1 is 1.15 bits per heavy atom. The average Bonchev–Trinajstić information content (AvgIpc) is 2.61. The lowest BCUT2D eigenvalue weighted by Crippen LogP contribution is -2.55. The molecule has 1 fully saturated rings. The summed E-state index contributed by atoms with van der Waals surface area (Å²) < 4.78 is 27.6. The molecule has 0 aromatic heterocycles. The summed E-state index contributed by atoms with van der Waals surface area (Å²) in [5.41, 5.74) is 2.75. The number of aryl methyl sites for hydroxylation is 1. The van der Waals surface area contributed by atoms with Crippen molar-refractivity contribution in [2.75, 3.05) is 19.6 Å². The molecular weight excluding hydrogens is 372 g/mol. The van der Waals surface area contributed by atoms with Crippen LogP contribution in [0.25, 0.3) is 0 Å². The molecule has 0 spiro atoms. The Hall–Kier alpha value is -1.89. The highest BCUT2D eigenvalue weighted by molar-refractivity contribution is 7.89. The highest BCUT2D eigenvalue weighted by atomic mass is 35.5. The minimum atomic E-state index is -3.74. The minimum Gasteiger partial charge on any atom is -0.333 e. The van der Waals surface area contributed by atoms with Gasteiger partial charge in [-0.25, -0.2) is 8.42 Å². The molecule has 7 heteroatoms. The molecule has 0 aliphatic carbocycles. The molecule has 1 saturated heterocycles. The van der Waals surface area contributed by atoms with Crippen LogP contribution in [0.4, 0.5) is 0 Å². The number of piperazine rings is 1. The summed E-state index contributed by atoms with van der Waals surface area (Å²) in [6.07, 6.45) is 0.763. The molecule has 4 rings (SSSR count). The number of rotatable bonds is 2. The first kappa shape index (κ1) is 17.5. The van der Waals surface area contributed by atoms with E-state index in [1.807, 2.05) is 18.2 Å². The van der Waals surface area contributed by atoms with E-state index in [4.69, 9.17) is 11.6 Å². The number of fused-ring (bicyclic) bond motifs is 3. The Labute approximate surface area is 158 Å². The molecule has 0 saturated carbocycles. The summed E-state index contributed by atoms with van der Waals surface area (Å²) in [5, 5.41) is 0.594. The topological polar surface area (TPSA) is 57.7 Å². The summed E-state index contributed by atoms with van der Waals surface area (Å²) >= 11 is 6.15. The molecule has 1 amide bonds. The molecule has 0 radical (unpaired) electrons. The first-order valence-electron chi connectivity index (χ1n) is 8.51. The van der Waals surface area contributed by atoms with E-state index < -0.39 is 10.0 Å². The van der Waals surface area contributed by atoms with E-state index >= 15 is 0 Å². The Bertz CT molecular complexity index is 990. The van der Waals surface area contributed by atoms with Gasteiger partial charge in [-0.1, -0.05) is 35.9 Å². The number of carbonyl (C=O) groups excluding carboxylic acids is 1. The number of halogens is 1. The Morgan fingerprint density at radius 3 is 2.69 bits per heavy atom. The van der Waals surface area contributed by atoms with E-state index in [0.29, 0.717) is 17.1 Å². The van der Waals surface area contributed by atoms with E-state index in [1.54, 1.807) is 36.1 Å². The van der Waals surface area contributed by atoms with Gasteiger partial charge in [-0.05, 0) is 48.2 Å². The molecule has 0 bridgehead atoms. The molecule has 2 aliphatic rings. The SMILES string of the molecule is Cc1ccccc1S(=O)(=O)N1CC(=O)N2CCc3ccc(Cl)cc3C2C1. The number of benzene rings is 2. The van der Waals surface area contributed by atoms with Crippen molar-refractivity contribution in [3.8, 4) is 0 Å². The molecule has 0 N–H and O–H groups in total. The van der Waals surface area contributed by atoms with Gasteiger partial charge in [0.25, 0.3) is 0 Å². The standard InChI is InChI=1S/C19H19ClN2O3S/c1-13-4-2-3-5-18(13)26(24,25)21-11-17-16-10-15(20)7-6-14(16)8-9-22(17)19(23)12-21/h2-7,10,17H,8-9,11-12H2,1H3. The van der Waals surface area contributed by atoms with Gasteiger partial charge in [-0.2, -0.15) is 4.31 Å². The summed E-state index contributed by atoms with van der Waals surface area (Å²) in [6.45, 7) is 2.50. The maximum atomic E-state index is 13.1. The molecule has 2 aliphatic heterocycles. The maximum absolute atomic E-state index is 13.1. The van der Waals surface area contributed by atoms with Crippen molar-refractivity contribution in [2.24, 2.45) is 0 Å². The smallest absolute Gasteiger partial charge is 0.243 e. The van der Waals surface area contributed by atoms with Crippen LogP contribution in [0.1, 0.15) is 22.7 Å². The second kappa shape index (κ2) is 6.37. The third kappa shape index (κ3) is 2.82. The zero-order valence-electron chi connectivity index (χ0n) is 14.4. The maximum Gasteiger partial charge on any atom is 0.243 e. The van der Waals surface area contributed by atoms with Crippen molar-refractivity contribution in [3.05, 3.63) is 64.2 Å². The van der Waals surface area contributed by atoms with E-state index in [2.05, 4.69) is 0 Å². The fourth-order valence-corrected chi connectivity index (χ4v) is 5.63. The van der Waals surface area contributed by atoms with E-state index in [9.17, 15) is 13.2 Å². The lowest BCUT2D eigenvalue weighted by atomic mass is 9.91. The van der Waals surface area contributed by atoms with Crippen molar-refractivity contribution < 1.29 is 13.2 Å². The van der Waals surface area contributed by atoms with Crippen molar-refractivity contribution in [3.63, 3.8) is 0 Å². The minimum absolute atomic E-state index is 0.122. The fourth-order valence-electron chi connectivity index (χ4n) is 3.83. The predicted molar refractivity (Wildman–Crippen MR) is 99.5 cm³/mol. The third-order valence-corrected chi connectivity index (χ3v) is 7.39. The van der Waals surface area contributed by atoms with Crippen molar-refractivity contribution >= 4 is 27.5 Å². The van der Waals surface area contributed by atoms with Crippen LogP contribution in [0.15, 0.2) is 47.4 Å². The van der Waals surface area contributed by atoms with Crippen molar-refractivity contribution in [1.29, 1.82) is 0 Å². The van der Waals surface area contributed by atoms with Crippen LogP contribution in [-0.4, -0.2) is 43.2 Å². The number of carbonyl (C=O) groups is 1. The molecule has 136 valence electrons. The number of hydrogen-bond donors (Lipinski definition) is 0. The number of sulfonamides is 1. The Kier molecular flexibility index (Phi) is 4.29. The number of hydrogen-bond acceptors (Lipinski definition) is 3. The second-order valence-electron chi connectivity index (χ2n) is 6.76. The normalized spacial score (nSPS) is 20.6. The highest BCUT2D eigenvalue weighted by Gasteiger charge is 2.41. The van der Waals surface area contributed by atoms with Crippen molar-refractivity contribution in [1.82, 2.24) is 9.21 Å². The summed E-state index contributed by atoms with van der Waals surface area (Å²) in [4.78, 5) is 14.7. The second-order valence-corrected chi connectivity index (χ2v) is 9.10. The van der Waals surface area contributed by atoms with Gasteiger partial charge < -0.3 is 4.90 Å². The van der Waals surface area contributed by atoms with Gasteiger partial charge in [0.15, 0.2) is 0 Å². The van der Waals surface area contributed by atoms with E-state index in [0.717, 1.165) is 17.5 Å². The fraction of sp³-hybridized carbons (Fsp3) is 0.316. The molecule has 5 nitrogen and oxygen atoms in total. The van der Waals surface area contributed by atoms with Crippen LogP contribution >= 0.6 is 11.6 Å². The first-order valence-corrected chi connectivity index (χ1v) is 10.3. The summed E-state index contributed by atoms with van der Waals surface area (Å²) in [7, 11) is -3.74. The lowest BCUT2D eigenvalue weighted by molar-refractivity contribution is -0.138. The average molecular weight is 391 g/mol. The zero-order chi connectivity index (χ0) is 18.5. The molecule has 2 aromatic rings. The zero-order valence-corrected chi connectivity index (χ0v) is 15.9. The van der Waals surface area contributed by atoms with Gasteiger partial charge in [0.2, 0.25) is 15.9 Å². The summed E-state index contributed by atoms with van der Waals surface area (Å²) in [6, 6.07) is 12.2. The molecule has 1 unspecified atom stereocenters. The quantitative estimate of drug-likeness (QED) is 0.792. The van der Waals surface area contributed by atoms with Gasteiger partial charge in [0.05, 0.1) is 17.5 Å². The molecule has 1 atom stereocenters. The van der Waals surface area contributed by atoms with Gasteiger partial charge in [0, 0.05) is 18.1 Å². The van der Waals surface area contributed by atoms with Crippen molar-refractivity contribution in [2.45, 2.75) is 24.3 Å². The van der Waals surface area contributed by atoms with Crippen LogP contribution in [0.5, 0.6) is 0 Å². The van der Waals surface area contributed by atoms with E-state index in [-0.39, 0.29) is 29.9 Å². The first-order chi connectivity index (χ1) is 12.4. The molecule has 2 heterocycles. The molecule has 2 aromatic carbocycles. The summed E-state index contributed by atoms with van der Waals surface area (Å²) in [5.74, 6) is -0.163. The van der Waals surface area contributed by atoms with E-state index in [1.165, 1.54) is 4.31 Å². The van der Waals surface area contributed by atoms with Gasteiger partial charge in [-0.3, -0.25) is 4.79 Å². The lowest BCUT2D eigenvalue weighted by Gasteiger charge is -2.44. The van der Waals surface area contributed by atoms with Gasteiger partial charge in [-0.15, -0.1) is 0 Å². The molecular formula is C19H19ClN2O3S.